The summed E-state index contributed by atoms with van der Waals surface area (Å²) in [5.74, 6) is 0.657. The van der Waals surface area contributed by atoms with Crippen molar-refractivity contribution in [1.82, 2.24) is 5.32 Å². The van der Waals surface area contributed by atoms with Gasteiger partial charge in [0.25, 0.3) is 0 Å². The Morgan fingerprint density at radius 2 is 1.95 bits per heavy atom. The van der Waals surface area contributed by atoms with Crippen molar-refractivity contribution in [3.05, 3.63) is 35.9 Å². The highest BCUT2D eigenvalue weighted by atomic mass is 32.2. The van der Waals surface area contributed by atoms with Crippen molar-refractivity contribution in [2.45, 2.75) is 56.2 Å². The van der Waals surface area contributed by atoms with Crippen LogP contribution in [0.1, 0.15) is 50.5 Å². The average molecular weight is 277 g/mol. The van der Waals surface area contributed by atoms with Gasteiger partial charge in [0.1, 0.15) is 0 Å². The zero-order valence-electron chi connectivity index (χ0n) is 12.3. The lowest BCUT2D eigenvalue weighted by Crippen LogP contribution is -2.41. The first-order valence-corrected chi connectivity index (χ1v) is 8.91. The number of nitrogens with one attached hydrogen (secondary N) is 1. The van der Waals surface area contributed by atoms with Crippen LogP contribution in [0.15, 0.2) is 30.3 Å². The van der Waals surface area contributed by atoms with E-state index in [-0.39, 0.29) is 0 Å². The maximum absolute atomic E-state index is 3.80. The second-order valence-electron chi connectivity index (χ2n) is 5.72. The SMILES string of the molecule is CSC1CCCCC1NCCC(C)c1ccccc1. The minimum absolute atomic E-state index is 0.657. The molecule has 2 rings (SSSR count). The molecule has 0 amide bonds. The molecule has 1 aliphatic rings. The summed E-state index contributed by atoms with van der Waals surface area (Å²) in [4.78, 5) is 0. The molecule has 3 atom stereocenters. The lowest BCUT2D eigenvalue weighted by atomic mass is 9.94. The fourth-order valence-electron chi connectivity index (χ4n) is 3.05. The molecule has 0 heterocycles. The predicted octanol–water partition coefficient (Wildman–Crippen LogP) is 4.44. The molecule has 0 aliphatic heterocycles. The molecule has 1 aromatic carbocycles. The molecule has 0 spiro atoms. The summed E-state index contributed by atoms with van der Waals surface area (Å²) in [6.45, 7) is 3.49. The van der Waals surface area contributed by atoms with Crippen LogP contribution in [0.3, 0.4) is 0 Å². The highest BCUT2D eigenvalue weighted by Gasteiger charge is 2.23. The van der Waals surface area contributed by atoms with E-state index in [1.807, 2.05) is 11.8 Å². The number of hydrogen-bond acceptors (Lipinski definition) is 2. The lowest BCUT2D eigenvalue weighted by molar-refractivity contribution is 0.379. The van der Waals surface area contributed by atoms with Gasteiger partial charge in [-0.1, -0.05) is 50.1 Å². The maximum Gasteiger partial charge on any atom is 0.0198 e. The standard InChI is InChI=1S/C17H27NS/c1-14(15-8-4-3-5-9-15)12-13-18-16-10-6-7-11-17(16)19-2/h3-5,8-9,14,16-18H,6-7,10-13H2,1-2H3. The molecule has 19 heavy (non-hydrogen) atoms. The Morgan fingerprint density at radius 3 is 2.68 bits per heavy atom. The Kier molecular flexibility index (Phi) is 6.25. The smallest absolute Gasteiger partial charge is 0.0198 e. The number of rotatable bonds is 6. The van der Waals surface area contributed by atoms with E-state index in [0.717, 1.165) is 17.8 Å². The fraction of sp³-hybridized carbons (Fsp3) is 0.647. The molecule has 0 radical (unpaired) electrons. The summed E-state index contributed by atoms with van der Waals surface area (Å²) in [6.07, 6.45) is 9.09. The molecule has 3 unspecified atom stereocenters. The molecule has 0 aromatic heterocycles. The minimum Gasteiger partial charge on any atom is -0.313 e. The molecule has 0 saturated heterocycles. The van der Waals surface area contributed by atoms with Crippen LogP contribution in [-0.2, 0) is 0 Å². The zero-order chi connectivity index (χ0) is 13.5. The fourth-order valence-corrected chi connectivity index (χ4v) is 4.01. The van der Waals surface area contributed by atoms with E-state index in [4.69, 9.17) is 0 Å². The van der Waals surface area contributed by atoms with Gasteiger partial charge in [-0.2, -0.15) is 11.8 Å². The van der Waals surface area contributed by atoms with Gasteiger partial charge in [0, 0.05) is 11.3 Å². The zero-order valence-corrected chi connectivity index (χ0v) is 13.1. The first kappa shape index (κ1) is 14.9. The van der Waals surface area contributed by atoms with Gasteiger partial charge >= 0.3 is 0 Å². The van der Waals surface area contributed by atoms with Crippen LogP contribution in [-0.4, -0.2) is 24.1 Å². The van der Waals surface area contributed by atoms with Crippen molar-refractivity contribution in [2.75, 3.05) is 12.8 Å². The summed E-state index contributed by atoms with van der Waals surface area (Å²) in [7, 11) is 0. The Labute approximate surface area is 122 Å². The quantitative estimate of drug-likeness (QED) is 0.825. The van der Waals surface area contributed by atoms with E-state index in [0.29, 0.717) is 5.92 Å². The summed E-state index contributed by atoms with van der Waals surface area (Å²) < 4.78 is 0. The molecule has 0 bridgehead atoms. The first-order chi connectivity index (χ1) is 9.31. The number of benzene rings is 1. The Bertz CT molecular complexity index is 352. The topological polar surface area (TPSA) is 12.0 Å². The maximum atomic E-state index is 3.80. The van der Waals surface area contributed by atoms with Gasteiger partial charge in [-0.3, -0.25) is 0 Å². The number of hydrogen-bond donors (Lipinski definition) is 1. The van der Waals surface area contributed by atoms with E-state index in [2.05, 4.69) is 48.8 Å². The second kappa shape index (κ2) is 7.96. The highest BCUT2D eigenvalue weighted by molar-refractivity contribution is 7.99. The van der Waals surface area contributed by atoms with Crippen molar-refractivity contribution in [3.63, 3.8) is 0 Å². The van der Waals surface area contributed by atoms with E-state index >= 15 is 0 Å². The van der Waals surface area contributed by atoms with Gasteiger partial charge in [-0.05, 0) is 43.5 Å². The molecular formula is C17H27NS. The van der Waals surface area contributed by atoms with Crippen LogP contribution in [0, 0.1) is 0 Å². The van der Waals surface area contributed by atoms with Gasteiger partial charge in [0.2, 0.25) is 0 Å². The third kappa shape index (κ3) is 4.54. The summed E-state index contributed by atoms with van der Waals surface area (Å²) >= 11 is 2.05. The van der Waals surface area contributed by atoms with Crippen molar-refractivity contribution in [3.8, 4) is 0 Å². The van der Waals surface area contributed by atoms with Gasteiger partial charge in [0.15, 0.2) is 0 Å². The van der Waals surface area contributed by atoms with Crippen LogP contribution in [0.5, 0.6) is 0 Å². The Hall–Kier alpha value is -0.470. The van der Waals surface area contributed by atoms with Gasteiger partial charge in [-0.15, -0.1) is 0 Å². The van der Waals surface area contributed by atoms with Crippen molar-refractivity contribution >= 4 is 11.8 Å². The summed E-state index contributed by atoms with van der Waals surface area (Å²) in [5, 5.41) is 4.64. The van der Waals surface area contributed by atoms with Crippen molar-refractivity contribution < 1.29 is 0 Å². The molecule has 1 aromatic rings. The Balaban J connectivity index is 1.73. The molecule has 1 nitrogen and oxygen atoms in total. The minimum atomic E-state index is 0.657. The molecule has 1 fully saturated rings. The Morgan fingerprint density at radius 1 is 1.21 bits per heavy atom. The van der Waals surface area contributed by atoms with Crippen LogP contribution >= 0.6 is 11.8 Å². The first-order valence-electron chi connectivity index (χ1n) is 7.62. The summed E-state index contributed by atoms with van der Waals surface area (Å²) in [5.41, 5.74) is 1.47. The highest BCUT2D eigenvalue weighted by Crippen LogP contribution is 2.27. The monoisotopic (exact) mass is 277 g/mol. The van der Waals surface area contributed by atoms with Crippen molar-refractivity contribution in [1.29, 1.82) is 0 Å². The molecule has 2 heteroatoms. The van der Waals surface area contributed by atoms with E-state index < -0.39 is 0 Å². The summed E-state index contributed by atoms with van der Waals surface area (Å²) in [6, 6.07) is 11.6. The average Bonchev–Trinajstić information content (AvgIpc) is 2.48. The van der Waals surface area contributed by atoms with E-state index in [9.17, 15) is 0 Å². The third-order valence-electron chi connectivity index (χ3n) is 4.36. The lowest BCUT2D eigenvalue weighted by Gasteiger charge is -2.31. The molecule has 1 N–H and O–H groups in total. The molecule has 1 aliphatic carbocycles. The predicted molar refractivity (Wildman–Crippen MR) is 87.0 cm³/mol. The van der Waals surface area contributed by atoms with E-state index in [1.54, 1.807) is 0 Å². The number of thioether (sulfide) groups is 1. The molecule has 106 valence electrons. The van der Waals surface area contributed by atoms with E-state index in [1.165, 1.54) is 37.7 Å². The van der Waals surface area contributed by atoms with Gasteiger partial charge < -0.3 is 5.32 Å². The van der Waals surface area contributed by atoms with Gasteiger partial charge in [-0.25, -0.2) is 0 Å². The normalized spacial score (nSPS) is 25.2. The molecular weight excluding hydrogens is 250 g/mol. The van der Waals surface area contributed by atoms with Crippen LogP contribution < -0.4 is 5.32 Å². The van der Waals surface area contributed by atoms with Crippen molar-refractivity contribution in [2.24, 2.45) is 0 Å². The van der Waals surface area contributed by atoms with Crippen LogP contribution in [0.4, 0.5) is 0 Å². The largest absolute Gasteiger partial charge is 0.313 e. The molecule has 1 saturated carbocycles. The second-order valence-corrected chi connectivity index (χ2v) is 6.80. The van der Waals surface area contributed by atoms with Crippen LogP contribution in [0.25, 0.3) is 0 Å². The van der Waals surface area contributed by atoms with Gasteiger partial charge in [0.05, 0.1) is 0 Å². The van der Waals surface area contributed by atoms with Crippen LogP contribution in [0.2, 0.25) is 0 Å². The third-order valence-corrected chi connectivity index (χ3v) is 5.53.